The molecule has 0 radical (unpaired) electrons. The van der Waals surface area contributed by atoms with Gasteiger partial charge in [-0.3, -0.25) is 4.79 Å². The van der Waals surface area contributed by atoms with Crippen molar-refractivity contribution in [3.8, 4) is 0 Å². The predicted molar refractivity (Wildman–Crippen MR) is 99.4 cm³/mol. The number of carbonyl (C=O) groups excluding carboxylic acids is 2. The first-order valence-corrected chi connectivity index (χ1v) is 9.08. The minimum atomic E-state index is -0.283. The van der Waals surface area contributed by atoms with Crippen LogP contribution in [0.3, 0.4) is 0 Å². The molecule has 3 amide bonds. The molecule has 0 aliphatic carbocycles. The molecular formula is C18H24N6O3. The molecule has 27 heavy (non-hydrogen) atoms. The molecule has 3 N–H and O–H groups in total. The highest BCUT2D eigenvalue weighted by Crippen LogP contribution is 2.12. The topological polar surface area (TPSA) is 110 Å². The van der Waals surface area contributed by atoms with Gasteiger partial charge in [-0.25, -0.2) is 4.79 Å². The molecule has 0 unspecified atom stereocenters. The van der Waals surface area contributed by atoms with Crippen LogP contribution >= 0.6 is 0 Å². The highest BCUT2D eigenvalue weighted by Gasteiger charge is 2.16. The van der Waals surface area contributed by atoms with E-state index in [0.29, 0.717) is 24.3 Å². The number of carbonyl (C=O) groups is 2. The molecule has 9 heteroatoms. The van der Waals surface area contributed by atoms with Gasteiger partial charge < -0.3 is 25.3 Å². The standard InChI is InChI=1S/C18H24N6O3/c25-17(20-11-16-3-1-10-27-16)14-4-6-15(7-5-14)23-18(26)19-8-2-9-24-12-21-22-13-24/h4-7,12-13,16H,1-3,8-11H2,(H,20,25)(H2,19,23,26)/t16-/m0/s1. The minimum Gasteiger partial charge on any atom is -0.376 e. The fourth-order valence-electron chi connectivity index (χ4n) is 2.80. The molecule has 2 heterocycles. The van der Waals surface area contributed by atoms with Gasteiger partial charge in [-0.15, -0.1) is 10.2 Å². The summed E-state index contributed by atoms with van der Waals surface area (Å²) >= 11 is 0. The molecule has 1 aromatic heterocycles. The first kappa shape index (κ1) is 18.8. The van der Waals surface area contributed by atoms with Crippen molar-refractivity contribution >= 4 is 17.6 Å². The van der Waals surface area contributed by atoms with Crippen molar-refractivity contribution in [2.75, 3.05) is 25.0 Å². The molecule has 2 aromatic rings. The first-order chi connectivity index (χ1) is 13.2. The molecule has 1 fully saturated rings. The average Bonchev–Trinajstić information content (AvgIpc) is 3.38. The number of aromatic nitrogens is 3. The van der Waals surface area contributed by atoms with Crippen molar-refractivity contribution in [1.82, 2.24) is 25.4 Å². The van der Waals surface area contributed by atoms with Gasteiger partial charge in [0.2, 0.25) is 0 Å². The van der Waals surface area contributed by atoms with Crippen molar-refractivity contribution in [1.29, 1.82) is 0 Å². The van der Waals surface area contributed by atoms with Crippen LogP contribution in [0.1, 0.15) is 29.6 Å². The van der Waals surface area contributed by atoms with Crippen molar-refractivity contribution < 1.29 is 14.3 Å². The zero-order valence-corrected chi connectivity index (χ0v) is 15.1. The van der Waals surface area contributed by atoms with Crippen LogP contribution in [0.25, 0.3) is 0 Å². The number of hydrogen-bond donors (Lipinski definition) is 3. The lowest BCUT2D eigenvalue weighted by Gasteiger charge is -2.11. The minimum absolute atomic E-state index is 0.114. The van der Waals surface area contributed by atoms with Crippen LogP contribution in [0.5, 0.6) is 0 Å². The zero-order valence-electron chi connectivity index (χ0n) is 15.1. The number of aryl methyl sites for hydroxylation is 1. The number of nitrogens with one attached hydrogen (secondary N) is 3. The van der Waals surface area contributed by atoms with E-state index in [0.717, 1.165) is 32.4 Å². The molecule has 0 bridgehead atoms. The van der Waals surface area contributed by atoms with Gasteiger partial charge in [-0.1, -0.05) is 0 Å². The van der Waals surface area contributed by atoms with Crippen molar-refractivity contribution in [3.63, 3.8) is 0 Å². The maximum atomic E-state index is 12.1. The Morgan fingerprint density at radius 2 is 1.93 bits per heavy atom. The molecular weight excluding hydrogens is 348 g/mol. The summed E-state index contributed by atoms with van der Waals surface area (Å²) in [5.74, 6) is -0.143. The summed E-state index contributed by atoms with van der Waals surface area (Å²) < 4.78 is 7.34. The van der Waals surface area contributed by atoms with E-state index < -0.39 is 0 Å². The number of hydrogen-bond acceptors (Lipinski definition) is 5. The van der Waals surface area contributed by atoms with E-state index in [1.807, 2.05) is 4.57 Å². The van der Waals surface area contributed by atoms with E-state index in [2.05, 4.69) is 26.1 Å². The number of nitrogens with zero attached hydrogens (tertiary/aromatic N) is 3. The van der Waals surface area contributed by atoms with Gasteiger partial charge in [0.25, 0.3) is 5.91 Å². The van der Waals surface area contributed by atoms with Crippen LogP contribution < -0.4 is 16.0 Å². The van der Waals surface area contributed by atoms with Crippen molar-refractivity contribution in [3.05, 3.63) is 42.5 Å². The Balaban J connectivity index is 1.36. The molecule has 1 aliphatic rings. The zero-order chi connectivity index (χ0) is 18.9. The maximum Gasteiger partial charge on any atom is 0.319 e. The Labute approximate surface area is 157 Å². The summed E-state index contributed by atoms with van der Waals surface area (Å²) in [5, 5.41) is 15.8. The van der Waals surface area contributed by atoms with Gasteiger partial charge in [0, 0.05) is 37.5 Å². The fraction of sp³-hybridized carbons (Fsp3) is 0.444. The molecule has 1 atom stereocenters. The number of ether oxygens (including phenoxy) is 1. The van der Waals surface area contributed by atoms with Gasteiger partial charge in [0.15, 0.2) is 0 Å². The lowest BCUT2D eigenvalue weighted by molar-refractivity contribution is 0.0858. The highest BCUT2D eigenvalue weighted by molar-refractivity contribution is 5.95. The average molecular weight is 372 g/mol. The third kappa shape index (κ3) is 6.07. The molecule has 9 nitrogen and oxygen atoms in total. The van der Waals surface area contributed by atoms with Crippen molar-refractivity contribution in [2.45, 2.75) is 31.9 Å². The van der Waals surface area contributed by atoms with E-state index in [1.54, 1.807) is 36.9 Å². The van der Waals surface area contributed by atoms with Gasteiger partial charge in [0.05, 0.1) is 6.10 Å². The van der Waals surface area contributed by atoms with E-state index in [1.165, 1.54) is 0 Å². The third-order valence-electron chi connectivity index (χ3n) is 4.26. The second kappa shape index (κ2) is 9.67. The quantitative estimate of drug-likeness (QED) is 0.607. The Kier molecular flexibility index (Phi) is 6.75. The fourth-order valence-corrected chi connectivity index (χ4v) is 2.80. The van der Waals surface area contributed by atoms with Crippen LogP contribution in [0.2, 0.25) is 0 Å². The molecule has 1 aliphatic heterocycles. The Hall–Kier alpha value is -2.94. The van der Waals surface area contributed by atoms with Crippen LogP contribution in [0.15, 0.2) is 36.9 Å². The molecule has 3 rings (SSSR count). The molecule has 144 valence electrons. The number of rotatable bonds is 8. The van der Waals surface area contributed by atoms with Crippen molar-refractivity contribution in [2.24, 2.45) is 0 Å². The van der Waals surface area contributed by atoms with Gasteiger partial charge >= 0.3 is 6.03 Å². The predicted octanol–water partition coefficient (Wildman–Crippen LogP) is 1.40. The Morgan fingerprint density at radius 1 is 1.15 bits per heavy atom. The maximum absolute atomic E-state index is 12.1. The molecule has 1 aromatic carbocycles. The highest BCUT2D eigenvalue weighted by atomic mass is 16.5. The lowest BCUT2D eigenvalue weighted by atomic mass is 10.2. The summed E-state index contributed by atoms with van der Waals surface area (Å²) in [5.41, 5.74) is 1.18. The van der Waals surface area contributed by atoms with E-state index >= 15 is 0 Å². The SMILES string of the molecule is O=C(NCCCn1cnnc1)Nc1ccc(C(=O)NC[C@@H]2CCCO2)cc1. The van der Waals surface area contributed by atoms with Crippen LogP contribution in [0.4, 0.5) is 10.5 Å². The smallest absolute Gasteiger partial charge is 0.319 e. The van der Waals surface area contributed by atoms with Crippen LogP contribution in [-0.2, 0) is 11.3 Å². The summed E-state index contributed by atoms with van der Waals surface area (Å²) in [6.07, 6.45) is 6.19. The van der Waals surface area contributed by atoms with E-state index in [9.17, 15) is 9.59 Å². The first-order valence-electron chi connectivity index (χ1n) is 9.08. The van der Waals surface area contributed by atoms with E-state index in [-0.39, 0.29) is 18.0 Å². The summed E-state index contributed by atoms with van der Waals surface area (Å²) in [4.78, 5) is 24.0. The van der Waals surface area contributed by atoms with E-state index in [4.69, 9.17) is 4.74 Å². The lowest BCUT2D eigenvalue weighted by Crippen LogP contribution is -2.32. The van der Waals surface area contributed by atoms with Crippen LogP contribution in [0, 0.1) is 0 Å². The van der Waals surface area contributed by atoms with Gasteiger partial charge in [-0.05, 0) is 43.5 Å². The summed E-state index contributed by atoms with van der Waals surface area (Å²) in [7, 11) is 0. The monoisotopic (exact) mass is 372 g/mol. The summed E-state index contributed by atoms with van der Waals surface area (Å²) in [6.45, 7) is 2.57. The largest absolute Gasteiger partial charge is 0.376 e. The number of benzene rings is 1. The molecule has 1 saturated heterocycles. The molecule has 0 spiro atoms. The normalized spacial score (nSPS) is 16.1. The van der Waals surface area contributed by atoms with Crippen LogP contribution in [-0.4, -0.2) is 52.5 Å². The number of anilines is 1. The second-order valence-corrected chi connectivity index (χ2v) is 6.36. The Bertz CT molecular complexity index is 726. The summed E-state index contributed by atoms with van der Waals surface area (Å²) in [6, 6.07) is 6.50. The number of urea groups is 1. The Morgan fingerprint density at radius 3 is 2.63 bits per heavy atom. The molecule has 0 saturated carbocycles. The second-order valence-electron chi connectivity index (χ2n) is 6.36. The number of amides is 3. The van der Waals surface area contributed by atoms with Gasteiger partial charge in [-0.2, -0.15) is 0 Å². The van der Waals surface area contributed by atoms with Gasteiger partial charge in [0.1, 0.15) is 12.7 Å². The third-order valence-corrected chi connectivity index (χ3v) is 4.26.